The molecule has 0 spiro atoms. The molecule has 1 aliphatic rings. The van der Waals surface area contributed by atoms with Crippen LogP contribution in [0, 0.1) is 0 Å². The molecule has 108 valence electrons. The normalized spacial score (nSPS) is 14.0. The summed E-state index contributed by atoms with van der Waals surface area (Å²) in [6.07, 6.45) is 5.48. The van der Waals surface area contributed by atoms with Gasteiger partial charge in [0.05, 0.1) is 0 Å². The second kappa shape index (κ2) is 6.51. The quantitative estimate of drug-likeness (QED) is 0.650. The first-order chi connectivity index (χ1) is 9.56. The zero-order chi connectivity index (χ0) is 14.5. The zero-order valence-electron chi connectivity index (χ0n) is 10.9. The topological polar surface area (TPSA) is 98.5 Å². The molecule has 7 heteroatoms. The average molecular weight is 296 g/mol. The van der Waals surface area contributed by atoms with Crippen LogP contribution < -0.4 is 11.1 Å². The van der Waals surface area contributed by atoms with Crippen LogP contribution in [-0.2, 0) is 22.4 Å². The van der Waals surface area contributed by atoms with E-state index in [1.54, 1.807) is 0 Å². The number of rotatable bonds is 3. The van der Waals surface area contributed by atoms with Crippen LogP contribution in [0.3, 0.4) is 0 Å². The van der Waals surface area contributed by atoms with E-state index >= 15 is 0 Å². The summed E-state index contributed by atoms with van der Waals surface area (Å²) < 4.78 is 4.85. The molecule has 0 aromatic carbocycles. The van der Waals surface area contributed by atoms with Crippen molar-refractivity contribution in [3.8, 4) is 0 Å². The second-order valence-electron chi connectivity index (χ2n) is 4.61. The number of fused-ring (bicyclic) bond motifs is 1. The first kappa shape index (κ1) is 14.5. The third-order valence-electron chi connectivity index (χ3n) is 3.04. The molecule has 1 heterocycles. The second-order valence-corrected chi connectivity index (χ2v) is 5.75. The van der Waals surface area contributed by atoms with Gasteiger partial charge in [-0.05, 0) is 37.3 Å². The van der Waals surface area contributed by atoms with Gasteiger partial charge < -0.3 is 10.5 Å². The summed E-state index contributed by atoms with van der Waals surface area (Å²) in [5.41, 5.74) is 5.99. The highest BCUT2D eigenvalue weighted by Crippen LogP contribution is 2.29. The van der Waals surface area contributed by atoms with Gasteiger partial charge in [-0.2, -0.15) is 0 Å². The lowest BCUT2D eigenvalue weighted by Gasteiger charge is -2.02. The van der Waals surface area contributed by atoms with Gasteiger partial charge >= 0.3 is 12.0 Å². The SMILES string of the molecule is NC(=O)NC(=O)COC(=O)c1cc2c(s1)CCCCC2. The molecule has 3 N–H and O–H groups in total. The van der Waals surface area contributed by atoms with Crippen LogP contribution in [0.25, 0.3) is 0 Å². The van der Waals surface area contributed by atoms with Gasteiger partial charge in [-0.3, -0.25) is 10.1 Å². The fraction of sp³-hybridized carbons (Fsp3) is 0.462. The van der Waals surface area contributed by atoms with Crippen LogP contribution in [0.4, 0.5) is 4.79 Å². The van der Waals surface area contributed by atoms with Gasteiger partial charge in [-0.1, -0.05) is 6.42 Å². The number of carbonyl (C=O) groups is 3. The van der Waals surface area contributed by atoms with Crippen molar-refractivity contribution in [1.29, 1.82) is 0 Å². The summed E-state index contributed by atoms with van der Waals surface area (Å²) >= 11 is 1.42. The molecule has 1 aromatic rings. The molecule has 0 saturated heterocycles. The molecule has 0 radical (unpaired) electrons. The smallest absolute Gasteiger partial charge is 0.348 e. The van der Waals surface area contributed by atoms with E-state index in [0.29, 0.717) is 4.88 Å². The molecule has 2 rings (SSSR count). The van der Waals surface area contributed by atoms with Crippen molar-refractivity contribution >= 4 is 29.2 Å². The fourth-order valence-electron chi connectivity index (χ4n) is 2.14. The fourth-order valence-corrected chi connectivity index (χ4v) is 3.29. The Morgan fingerprint density at radius 1 is 1.25 bits per heavy atom. The lowest BCUT2D eigenvalue weighted by molar-refractivity contribution is -0.123. The molecule has 20 heavy (non-hydrogen) atoms. The highest BCUT2D eigenvalue weighted by atomic mass is 32.1. The summed E-state index contributed by atoms with van der Waals surface area (Å²) in [5, 5.41) is 1.83. The molecule has 1 aromatic heterocycles. The van der Waals surface area contributed by atoms with E-state index in [-0.39, 0.29) is 0 Å². The molecule has 0 unspecified atom stereocenters. The van der Waals surface area contributed by atoms with E-state index in [4.69, 9.17) is 10.5 Å². The third kappa shape index (κ3) is 3.80. The van der Waals surface area contributed by atoms with Gasteiger partial charge in [0.15, 0.2) is 6.61 Å². The van der Waals surface area contributed by atoms with E-state index in [2.05, 4.69) is 0 Å². The molecule has 0 aliphatic heterocycles. The summed E-state index contributed by atoms with van der Waals surface area (Å²) in [4.78, 5) is 35.2. The van der Waals surface area contributed by atoms with Crippen molar-refractivity contribution in [3.63, 3.8) is 0 Å². The number of primary amides is 1. The van der Waals surface area contributed by atoms with E-state index in [1.165, 1.54) is 28.2 Å². The third-order valence-corrected chi connectivity index (χ3v) is 4.26. The van der Waals surface area contributed by atoms with Gasteiger partial charge in [0.25, 0.3) is 5.91 Å². The predicted molar refractivity (Wildman–Crippen MR) is 73.6 cm³/mol. The predicted octanol–water partition coefficient (Wildman–Crippen LogP) is 1.37. The number of amides is 3. The van der Waals surface area contributed by atoms with E-state index in [1.807, 2.05) is 11.4 Å². The van der Waals surface area contributed by atoms with E-state index < -0.39 is 24.5 Å². The van der Waals surface area contributed by atoms with E-state index in [0.717, 1.165) is 25.7 Å². The van der Waals surface area contributed by atoms with Crippen molar-refractivity contribution in [2.45, 2.75) is 32.1 Å². The highest BCUT2D eigenvalue weighted by Gasteiger charge is 2.18. The van der Waals surface area contributed by atoms with Crippen molar-refractivity contribution in [2.75, 3.05) is 6.61 Å². The summed E-state index contributed by atoms with van der Waals surface area (Å²) in [5.74, 6) is -1.27. The van der Waals surface area contributed by atoms with Crippen molar-refractivity contribution < 1.29 is 19.1 Å². The Morgan fingerprint density at radius 2 is 2.00 bits per heavy atom. The lowest BCUT2D eigenvalue weighted by atomic mass is 10.1. The van der Waals surface area contributed by atoms with Crippen molar-refractivity contribution in [3.05, 3.63) is 21.4 Å². The highest BCUT2D eigenvalue weighted by molar-refractivity contribution is 7.14. The monoisotopic (exact) mass is 296 g/mol. The Kier molecular flexibility index (Phi) is 4.73. The maximum atomic E-state index is 11.8. The zero-order valence-corrected chi connectivity index (χ0v) is 11.8. The van der Waals surface area contributed by atoms with Crippen LogP contribution in [0.15, 0.2) is 6.07 Å². The maximum Gasteiger partial charge on any atom is 0.348 e. The first-order valence-electron chi connectivity index (χ1n) is 6.44. The number of nitrogens with two attached hydrogens (primary N) is 1. The summed E-state index contributed by atoms with van der Waals surface area (Å²) in [7, 11) is 0. The van der Waals surface area contributed by atoms with Gasteiger partial charge in [0.1, 0.15) is 4.88 Å². The number of ether oxygens (including phenoxy) is 1. The molecular weight excluding hydrogens is 280 g/mol. The largest absolute Gasteiger partial charge is 0.451 e. The minimum absolute atomic E-state index is 0.503. The number of hydrogen-bond donors (Lipinski definition) is 2. The molecule has 6 nitrogen and oxygen atoms in total. The van der Waals surface area contributed by atoms with Gasteiger partial charge in [0, 0.05) is 4.88 Å². The van der Waals surface area contributed by atoms with E-state index in [9.17, 15) is 14.4 Å². The van der Waals surface area contributed by atoms with Crippen molar-refractivity contribution in [2.24, 2.45) is 5.73 Å². The Morgan fingerprint density at radius 3 is 2.75 bits per heavy atom. The Bertz CT molecular complexity index is 515. The molecule has 0 saturated carbocycles. The minimum atomic E-state index is -0.964. The number of nitrogens with one attached hydrogen (secondary N) is 1. The van der Waals surface area contributed by atoms with Gasteiger partial charge in [-0.25, -0.2) is 9.59 Å². The van der Waals surface area contributed by atoms with Crippen LogP contribution in [0.1, 0.15) is 39.4 Å². The standard InChI is InChI=1S/C13H16N2O4S/c14-13(18)15-11(16)7-19-12(17)10-6-8-4-2-1-3-5-9(8)20-10/h6H,1-5,7H2,(H3,14,15,16,18). The summed E-state index contributed by atoms with van der Waals surface area (Å²) in [6, 6.07) is 0.883. The number of esters is 1. The van der Waals surface area contributed by atoms with Crippen LogP contribution in [-0.4, -0.2) is 24.5 Å². The summed E-state index contributed by atoms with van der Waals surface area (Å²) in [6.45, 7) is -0.510. The molecule has 3 amide bonds. The lowest BCUT2D eigenvalue weighted by Crippen LogP contribution is -2.37. The average Bonchev–Trinajstić information content (AvgIpc) is 2.67. The Balaban J connectivity index is 1.93. The Labute approximate surface area is 120 Å². The number of thiophene rings is 1. The van der Waals surface area contributed by atoms with Crippen LogP contribution >= 0.6 is 11.3 Å². The van der Waals surface area contributed by atoms with Crippen molar-refractivity contribution in [1.82, 2.24) is 5.32 Å². The number of carbonyl (C=O) groups excluding carboxylic acids is 3. The first-order valence-corrected chi connectivity index (χ1v) is 7.26. The van der Waals surface area contributed by atoms with Crippen LogP contribution in [0.2, 0.25) is 0 Å². The Hall–Kier alpha value is -1.89. The van der Waals surface area contributed by atoms with Gasteiger partial charge in [-0.15, -0.1) is 11.3 Å². The van der Waals surface area contributed by atoms with Crippen LogP contribution in [0.5, 0.6) is 0 Å². The number of urea groups is 1. The number of hydrogen-bond acceptors (Lipinski definition) is 5. The molecular formula is C13H16N2O4S. The maximum absolute atomic E-state index is 11.8. The molecule has 0 bridgehead atoms. The number of imide groups is 1. The number of aryl methyl sites for hydroxylation is 2. The minimum Gasteiger partial charge on any atom is -0.451 e. The molecule has 1 aliphatic carbocycles. The van der Waals surface area contributed by atoms with Gasteiger partial charge in [0.2, 0.25) is 0 Å². The molecule has 0 atom stereocenters. The molecule has 0 fully saturated rings.